The Morgan fingerprint density at radius 2 is 2.15 bits per heavy atom. The first-order chi connectivity index (χ1) is 12.3. The van der Waals surface area contributed by atoms with E-state index < -0.39 is 11.2 Å². The van der Waals surface area contributed by atoms with Gasteiger partial charge in [-0.05, 0) is 39.2 Å². The molecule has 0 aliphatic heterocycles. The van der Waals surface area contributed by atoms with Crippen LogP contribution in [0, 0.1) is 13.8 Å². The summed E-state index contributed by atoms with van der Waals surface area (Å²) in [4.78, 5) is 44.8. The summed E-state index contributed by atoms with van der Waals surface area (Å²) in [6.45, 7) is 5.33. The van der Waals surface area contributed by atoms with Crippen molar-refractivity contribution in [3.05, 3.63) is 26.6 Å². The minimum atomic E-state index is -0.462. The van der Waals surface area contributed by atoms with E-state index in [-0.39, 0.29) is 24.1 Å². The second-order valence-electron chi connectivity index (χ2n) is 6.38. The average molecular weight is 396 g/mol. The summed E-state index contributed by atoms with van der Waals surface area (Å²) in [6, 6.07) is 0.246. The minimum Gasteiger partial charge on any atom is -0.455 e. The van der Waals surface area contributed by atoms with Crippen molar-refractivity contribution in [1.29, 1.82) is 0 Å². The number of hydrogen-bond acceptors (Lipinski definition) is 7. The third kappa shape index (κ3) is 4.45. The van der Waals surface area contributed by atoms with E-state index in [9.17, 15) is 14.4 Å². The molecule has 0 aromatic carbocycles. The van der Waals surface area contributed by atoms with E-state index in [0.29, 0.717) is 21.8 Å². The number of esters is 1. The van der Waals surface area contributed by atoms with Crippen LogP contribution in [0.1, 0.15) is 36.0 Å². The monoisotopic (exact) mass is 395 g/mol. The van der Waals surface area contributed by atoms with Gasteiger partial charge in [-0.2, -0.15) is 0 Å². The van der Waals surface area contributed by atoms with E-state index >= 15 is 0 Å². The number of carbonyl (C=O) groups is 2. The van der Waals surface area contributed by atoms with Crippen molar-refractivity contribution < 1.29 is 14.3 Å². The van der Waals surface area contributed by atoms with E-state index in [0.717, 1.165) is 23.3 Å². The van der Waals surface area contributed by atoms with Crippen molar-refractivity contribution in [2.75, 3.05) is 6.61 Å². The second-order valence-corrected chi connectivity index (χ2v) is 8.91. The molecule has 26 heavy (non-hydrogen) atoms. The molecule has 1 saturated carbocycles. The molecule has 140 valence electrons. The summed E-state index contributed by atoms with van der Waals surface area (Å²) in [5.41, 5.74) is 0.804. The van der Waals surface area contributed by atoms with Crippen LogP contribution in [-0.2, 0) is 20.1 Å². The smallest absolute Gasteiger partial charge is 0.319 e. The maximum atomic E-state index is 12.2. The fourth-order valence-electron chi connectivity index (χ4n) is 2.39. The molecule has 3 rings (SSSR count). The number of nitrogens with zero attached hydrogens (tertiary/aromatic N) is 1. The molecule has 9 heteroatoms. The summed E-state index contributed by atoms with van der Waals surface area (Å²) in [5.74, 6) is 0.191. The van der Waals surface area contributed by atoms with Gasteiger partial charge in [0.05, 0.1) is 11.1 Å². The first kappa shape index (κ1) is 18.9. The molecule has 2 heterocycles. The Morgan fingerprint density at radius 1 is 1.42 bits per heavy atom. The highest BCUT2D eigenvalue weighted by Gasteiger charge is 2.24. The second kappa shape index (κ2) is 7.79. The summed E-state index contributed by atoms with van der Waals surface area (Å²) in [5, 5.41) is 2.94. The zero-order valence-electron chi connectivity index (χ0n) is 14.9. The summed E-state index contributed by atoms with van der Waals surface area (Å²) < 4.78 is 5.03. The van der Waals surface area contributed by atoms with Crippen molar-refractivity contribution in [1.82, 2.24) is 15.3 Å². The van der Waals surface area contributed by atoms with Crippen LogP contribution in [0.3, 0.4) is 0 Å². The lowest BCUT2D eigenvalue weighted by molar-refractivity contribution is -0.147. The number of aromatic nitrogens is 2. The Hall–Kier alpha value is -1.87. The Morgan fingerprint density at radius 3 is 2.85 bits per heavy atom. The molecule has 0 saturated heterocycles. The number of ether oxygens (including phenoxy) is 1. The van der Waals surface area contributed by atoms with Crippen molar-refractivity contribution in [2.45, 2.75) is 50.7 Å². The molecule has 2 N–H and O–H groups in total. The SMILES string of the molecule is Cc1sc2nc(CS[C@H](C)C(=O)OCC(=O)NC3CC3)[nH]c(=O)c2c1C. The van der Waals surface area contributed by atoms with Gasteiger partial charge >= 0.3 is 5.97 Å². The largest absolute Gasteiger partial charge is 0.455 e. The van der Waals surface area contributed by atoms with Crippen molar-refractivity contribution >= 4 is 45.2 Å². The van der Waals surface area contributed by atoms with Gasteiger partial charge in [-0.15, -0.1) is 23.1 Å². The lowest BCUT2D eigenvalue weighted by atomic mass is 10.2. The molecule has 0 bridgehead atoms. The van der Waals surface area contributed by atoms with Crippen LogP contribution in [0.4, 0.5) is 0 Å². The Kier molecular flexibility index (Phi) is 5.67. The van der Waals surface area contributed by atoms with Crippen molar-refractivity contribution in [3.63, 3.8) is 0 Å². The first-order valence-electron chi connectivity index (χ1n) is 8.41. The van der Waals surface area contributed by atoms with Crippen LogP contribution in [0.5, 0.6) is 0 Å². The fourth-order valence-corrected chi connectivity index (χ4v) is 4.19. The van der Waals surface area contributed by atoms with E-state index in [1.165, 1.54) is 23.1 Å². The number of H-pyrrole nitrogens is 1. The van der Waals surface area contributed by atoms with Gasteiger partial charge in [0.15, 0.2) is 6.61 Å². The predicted octanol–water partition coefficient (Wildman–Crippen LogP) is 2.04. The normalized spacial score (nSPS) is 15.0. The number of thiophene rings is 1. The van der Waals surface area contributed by atoms with E-state index in [1.807, 2.05) is 13.8 Å². The van der Waals surface area contributed by atoms with Crippen LogP contribution in [0.25, 0.3) is 10.2 Å². The lowest BCUT2D eigenvalue weighted by Gasteiger charge is -2.11. The highest BCUT2D eigenvalue weighted by molar-refractivity contribution is 7.99. The third-order valence-electron chi connectivity index (χ3n) is 4.18. The van der Waals surface area contributed by atoms with Crippen LogP contribution in [0.2, 0.25) is 0 Å². The Labute approximate surface area is 158 Å². The molecular weight excluding hydrogens is 374 g/mol. The van der Waals surface area contributed by atoms with Gasteiger partial charge in [-0.1, -0.05) is 0 Å². The number of fused-ring (bicyclic) bond motifs is 1. The molecule has 7 nitrogen and oxygen atoms in total. The summed E-state index contributed by atoms with van der Waals surface area (Å²) in [6.07, 6.45) is 1.98. The number of aryl methyl sites for hydroxylation is 2. The topological polar surface area (TPSA) is 101 Å². The maximum absolute atomic E-state index is 12.2. The molecule has 1 atom stereocenters. The number of thioether (sulfide) groups is 1. The first-order valence-corrected chi connectivity index (χ1v) is 10.3. The van der Waals surface area contributed by atoms with Gasteiger partial charge in [0, 0.05) is 10.9 Å². The molecule has 1 amide bonds. The molecule has 1 fully saturated rings. The van der Waals surface area contributed by atoms with Gasteiger partial charge in [0.25, 0.3) is 11.5 Å². The summed E-state index contributed by atoms with van der Waals surface area (Å²) in [7, 11) is 0. The Bertz CT molecular complexity index is 901. The van der Waals surface area contributed by atoms with Gasteiger partial charge in [0.1, 0.15) is 15.9 Å². The molecular formula is C17H21N3O4S2. The van der Waals surface area contributed by atoms with E-state index in [1.54, 1.807) is 6.92 Å². The van der Waals surface area contributed by atoms with Crippen LogP contribution in [0.15, 0.2) is 4.79 Å². The van der Waals surface area contributed by atoms with Crippen molar-refractivity contribution in [2.24, 2.45) is 0 Å². The van der Waals surface area contributed by atoms with E-state index in [4.69, 9.17) is 4.74 Å². The molecule has 1 aliphatic rings. The quantitative estimate of drug-likeness (QED) is 0.696. The van der Waals surface area contributed by atoms with Gasteiger partial charge < -0.3 is 15.0 Å². The molecule has 0 spiro atoms. The highest BCUT2D eigenvalue weighted by atomic mass is 32.2. The van der Waals surface area contributed by atoms with Gasteiger partial charge in [-0.25, -0.2) is 4.98 Å². The van der Waals surface area contributed by atoms with E-state index in [2.05, 4.69) is 15.3 Å². The number of nitrogens with one attached hydrogen (secondary N) is 2. The third-order valence-corrected chi connectivity index (χ3v) is 6.41. The average Bonchev–Trinajstić information content (AvgIpc) is 3.35. The molecule has 2 aromatic heterocycles. The predicted molar refractivity (Wildman–Crippen MR) is 103 cm³/mol. The maximum Gasteiger partial charge on any atom is 0.319 e. The summed E-state index contributed by atoms with van der Waals surface area (Å²) >= 11 is 2.80. The zero-order chi connectivity index (χ0) is 18.8. The number of amides is 1. The molecule has 2 aromatic rings. The number of hydrogen-bond donors (Lipinski definition) is 2. The van der Waals surface area contributed by atoms with Crippen LogP contribution >= 0.6 is 23.1 Å². The molecule has 0 unspecified atom stereocenters. The number of rotatable bonds is 7. The minimum absolute atomic E-state index is 0.153. The molecule has 0 radical (unpaired) electrons. The standard InChI is InChI=1S/C17H21N3O4S2/c1-8-9(2)26-16-14(8)15(22)19-12(20-16)7-25-10(3)17(23)24-6-13(21)18-11-4-5-11/h10-11H,4-7H2,1-3H3,(H,18,21)(H,19,20,22)/t10-/m1/s1. The fraction of sp³-hybridized carbons (Fsp3) is 0.529. The number of aromatic amines is 1. The van der Waals surface area contributed by atoms with Crippen LogP contribution in [-0.4, -0.2) is 39.7 Å². The highest BCUT2D eigenvalue weighted by Crippen LogP contribution is 2.26. The molecule has 1 aliphatic carbocycles. The van der Waals surface area contributed by atoms with Gasteiger partial charge in [0.2, 0.25) is 0 Å². The Balaban J connectivity index is 1.54. The van der Waals surface area contributed by atoms with Crippen molar-refractivity contribution in [3.8, 4) is 0 Å². The number of carbonyl (C=O) groups excluding carboxylic acids is 2. The lowest BCUT2D eigenvalue weighted by Crippen LogP contribution is -2.31. The van der Waals surface area contributed by atoms with Crippen LogP contribution < -0.4 is 10.9 Å². The zero-order valence-corrected chi connectivity index (χ0v) is 16.5. The van der Waals surface area contributed by atoms with Gasteiger partial charge in [-0.3, -0.25) is 14.4 Å².